The molecule has 1 saturated heterocycles. The Morgan fingerprint density at radius 2 is 2.19 bits per heavy atom. The first-order chi connectivity index (χ1) is 10.0. The molecule has 1 atom stereocenters. The van der Waals surface area contributed by atoms with E-state index in [-0.39, 0.29) is 5.92 Å². The third-order valence-corrected chi connectivity index (χ3v) is 4.11. The Bertz CT molecular complexity index is 513. The molecule has 0 amide bonds. The zero-order chi connectivity index (χ0) is 15.4. The van der Waals surface area contributed by atoms with E-state index >= 15 is 0 Å². The van der Waals surface area contributed by atoms with Crippen LogP contribution in [0.25, 0.3) is 0 Å². The molecule has 4 nitrogen and oxygen atoms in total. The number of likely N-dealkylation sites (tertiary alicyclic amines) is 1. The maximum atomic E-state index is 11.2. The lowest BCUT2D eigenvalue weighted by atomic mass is 9.96. The molecule has 116 valence electrons. The van der Waals surface area contributed by atoms with Gasteiger partial charge in [-0.3, -0.25) is 9.69 Å². The van der Waals surface area contributed by atoms with Crippen molar-refractivity contribution in [3.05, 3.63) is 28.8 Å². The van der Waals surface area contributed by atoms with Crippen molar-refractivity contribution >= 4 is 5.97 Å². The van der Waals surface area contributed by atoms with E-state index in [9.17, 15) is 9.90 Å². The summed E-state index contributed by atoms with van der Waals surface area (Å²) in [5, 5.41) is 9.20. The van der Waals surface area contributed by atoms with Crippen LogP contribution in [0.15, 0.2) is 12.1 Å². The zero-order valence-corrected chi connectivity index (χ0v) is 13.2. The van der Waals surface area contributed by atoms with Crippen LogP contribution in [-0.2, 0) is 11.3 Å². The quantitative estimate of drug-likeness (QED) is 0.906. The van der Waals surface area contributed by atoms with Gasteiger partial charge in [-0.05, 0) is 57.4 Å². The average molecular weight is 291 g/mol. The Hall–Kier alpha value is -1.55. The molecule has 1 aromatic carbocycles. The van der Waals surface area contributed by atoms with Gasteiger partial charge in [-0.2, -0.15) is 0 Å². The van der Waals surface area contributed by atoms with Crippen molar-refractivity contribution in [3.8, 4) is 5.75 Å². The van der Waals surface area contributed by atoms with E-state index in [1.807, 2.05) is 6.92 Å². The van der Waals surface area contributed by atoms with E-state index in [2.05, 4.69) is 30.9 Å². The van der Waals surface area contributed by atoms with Crippen LogP contribution < -0.4 is 4.74 Å². The second kappa shape index (κ2) is 6.94. The number of hydrogen-bond donors (Lipinski definition) is 1. The molecular weight excluding hydrogens is 266 g/mol. The summed E-state index contributed by atoms with van der Waals surface area (Å²) >= 11 is 0. The van der Waals surface area contributed by atoms with E-state index in [0.717, 1.165) is 31.7 Å². The third kappa shape index (κ3) is 3.97. The van der Waals surface area contributed by atoms with Gasteiger partial charge in [0.05, 0.1) is 12.5 Å². The van der Waals surface area contributed by atoms with Crippen molar-refractivity contribution in [1.82, 2.24) is 4.90 Å². The molecule has 1 aliphatic heterocycles. The van der Waals surface area contributed by atoms with E-state index in [1.54, 1.807) is 0 Å². The van der Waals surface area contributed by atoms with Gasteiger partial charge in [0.1, 0.15) is 5.75 Å². The first-order valence-corrected chi connectivity index (χ1v) is 7.69. The topological polar surface area (TPSA) is 49.8 Å². The average Bonchev–Trinajstić information content (AvgIpc) is 2.43. The molecule has 0 radical (unpaired) electrons. The Kier molecular flexibility index (Phi) is 5.23. The van der Waals surface area contributed by atoms with Crippen LogP contribution >= 0.6 is 0 Å². The van der Waals surface area contributed by atoms with Crippen LogP contribution in [-0.4, -0.2) is 35.7 Å². The van der Waals surface area contributed by atoms with Gasteiger partial charge in [-0.1, -0.05) is 6.07 Å². The maximum absolute atomic E-state index is 11.2. The molecule has 2 rings (SSSR count). The molecule has 1 heterocycles. The summed E-state index contributed by atoms with van der Waals surface area (Å²) in [7, 11) is 0. The molecule has 0 bridgehead atoms. The number of carboxylic acids is 1. The number of nitrogens with zero attached hydrogens (tertiary/aromatic N) is 1. The second-order valence-electron chi connectivity index (χ2n) is 5.90. The van der Waals surface area contributed by atoms with Gasteiger partial charge in [0.15, 0.2) is 0 Å². The number of aliphatic carboxylic acids is 1. The molecule has 1 aliphatic rings. The fourth-order valence-electron chi connectivity index (χ4n) is 3.07. The highest BCUT2D eigenvalue weighted by atomic mass is 16.5. The van der Waals surface area contributed by atoms with Gasteiger partial charge in [0.2, 0.25) is 0 Å². The smallest absolute Gasteiger partial charge is 0.307 e. The van der Waals surface area contributed by atoms with E-state index in [4.69, 9.17) is 4.74 Å². The van der Waals surface area contributed by atoms with Crippen molar-refractivity contribution in [2.75, 3.05) is 19.7 Å². The SMILES string of the molecule is CCOc1cc(C)cc(C)c1CN1CCCC(C(=O)O)C1. The summed E-state index contributed by atoms with van der Waals surface area (Å²) in [5.41, 5.74) is 3.60. The normalized spacial score (nSPS) is 19.5. The third-order valence-electron chi connectivity index (χ3n) is 4.11. The number of benzene rings is 1. The minimum atomic E-state index is -0.676. The first-order valence-electron chi connectivity index (χ1n) is 7.69. The van der Waals surface area contributed by atoms with Crippen LogP contribution in [0.5, 0.6) is 5.75 Å². The molecule has 1 N–H and O–H groups in total. The Labute approximate surface area is 126 Å². The fraction of sp³-hybridized carbons (Fsp3) is 0.588. The van der Waals surface area contributed by atoms with Gasteiger partial charge in [-0.25, -0.2) is 0 Å². The van der Waals surface area contributed by atoms with Crippen LogP contribution in [0.2, 0.25) is 0 Å². The summed E-state index contributed by atoms with van der Waals surface area (Å²) in [6.45, 7) is 9.17. The van der Waals surface area contributed by atoms with Gasteiger partial charge < -0.3 is 9.84 Å². The predicted octanol–water partition coefficient (Wildman–Crippen LogP) is 3.00. The molecule has 0 aromatic heterocycles. The van der Waals surface area contributed by atoms with Gasteiger partial charge in [0, 0.05) is 18.7 Å². The number of aryl methyl sites for hydroxylation is 2. The number of carboxylic acid groups (broad SMARTS) is 1. The van der Waals surface area contributed by atoms with Gasteiger partial charge in [-0.15, -0.1) is 0 Å². The largest absolute Gasteiger partial charge is 0.494 e. The number of hydrogen-bond acceptors (Lipinski definition) is 3. The molecule has 0 aliphatic carbocycles. The maximum Gasteiger partial charge on any atom is 0.307 e. The molecule has 1 unspecified atom stereocenters. The number of rotatable bonds is 5. The number of carbonyl (C=O) groups is 1. The summed E-state index contributed by atoms with van der Waals surface area (Å²) in [6.07, 6.45) is 1.74. The van der Waals surface area contributed by atoms with Crippen molar-refractivity contribution in [3.63, 3.8) is 0 Å². The second-order valence-corrected chi connectivity index (χ2v) is 5.90. The lowest BCUT2D eigenvalue weighted by molar-refractivity contribution is -0.143. The summed E-state index contributed by atoms with van der Waals surface area (Å²) in [5.74, 6) is 0.0258. The van der Waals surface area contributed by atoms with Crippen molar-refractivity contribution in [1.29, 1.82) is 0 Å². The number of piperidine rings is 1. The Morgan fingerprint density at radius 1 is 1.43 bits per heavy atom. The molecule has 1 aromatic rings. The molecule has 4 heteroatoms. The predicted molar refractivity (Wildman–Crippen MR) is 82.7 cm³/mol. The standard InChI is InChI=1S/C17H25NO3/c1-4-21-16-9-12(2)8-13(3)15(16)11-18-7-5-6-14(10-18)17(19)20/h8-9,14H,4-7,10-11H2,1-3H3,(H,19,20). The molecule has 0 spiro atoms. The van der Waals surface area contributed by atoms with Crippen LogP contribution in [0.4, 0.5) is 0 Å². The molecule has 0 saturated carbocycles. The van der Waals surface area contributed by atoms with Crippen molar-refractivity contribution in [2.45, 2.75) is 40.2 Å². The molecule has 21 heavy (non-hydrogen) atoms. The van der Waals surface area contributed by atoms with Gasteiger partial charge in [0.25, 0.3) is 0 Å². The fourth-order valence-corrected chi connectivity index (χ4v) is 3.07. The summed E-state index contributed by atoms with van der Waals surface area (Å²) < 4.78 is 5.77. The molecular formula is C17H25NO3. The van der Waals surface area contributed by atoms with E-state index in [0.29, 0.717) is 13.2 Å². The zero-order valence-electron chi connectivity index (χ0n) is 13.2. The minimum absolute atomic E-state index is 0.236. The molecule has 1 fully saturated rings. The highest BCUT2D eigenvalue weighted by Crippen LogP contribution is 2.28. The summed E-state index contributed by atoms with van der Waals surface area (Å²) in [4.78, 5) is 13.4. The number of ether oxygens (including phenoxy) is 1. The Morgan fingerprint density at radius 3 is 2.86 bits per heavy atom. The minimum Gasteiger partial charge on any atom is -0.494 e. The van der Waals surface area contributed by atoms with E-state index in [1.165, 1.54) is 16.7 Å². The first kappa shape index (κ1) is 15.8. The van der Waals surface area contributed by atoms with Crippen LogP contribution in [0.3, 0.4) is 0 Å². The monoisotopic (exact) mass is 291 g/mol. The highest BCUT2D eigenvalue weighted by Gasteiger charge is 2.26. The van der Waals surface area contributed by atoms with E-state index < -0.39 is 5.97 Å². The van der Waals surface area contributed by atoms with Crippen molar-refractivity contribution in [2.24, 2.45) is 5.92 Å². The lowest BCUT2D eigenvalue weighted by Gasteiger charge is -2.31. The van der Waals surface area contributed by atoms with Crippen LogP contribution in [0, 0.1) is 19.8 Å². The lowest BCUT2D eigenvalue weighted by Crippen LogP contribution is -2.38. The highest BCUT2D eigenvalue weighted by molar-refractivity contribution is 5.70. The summed E-state index contributed by atoms with van der Waals surface area (Å²) in [6, 6.07) is 4.24. The Balaban J connectivity index is 2.16. The van der Waals surface area contributed by atoms with Crippen LogP contribution in [0.1, 0.15) is 36.5 Å². The van der Waals surface area contributed by atoms with Crippen molar-refractivity contribution < 1.29 is 14.6 Å². The van der Waals surface area contributed by atoms with Gasteiger partial charge >= 0.3 is 5.97 Å².